The zero-order valence-electron chi connectivity index (χ0n) is 19.1. The number of benzene rings is 2. The van der Waals surface area contributed by atoms with Crippen molar-refractivity contribution in [3.63, 3.8) is 0 Å². The highest BCUT2D eigenvalue weighted by atomic mass is 32.1. The number of aliphatic hydroxyl groups is 1. The highest BCUT2D eigenvalue weighted by molar-refractivity contribution is 7.17. The number of carbonyl (C=O) groups is 1. The topological polar surface area (TPSA) is 107 Å². The Hall–Kier alpha value is -3.62. The van der Waals surface area contributed by atoms with Crippen molar-refractivity contribution in [2.75, 3.05) is 18.9 Å². The van der Waals surface area contributed by atoms with Crippen molar-refractivity contribution in [1.82, 2.24) is 10.3 Å². The van der Waals surface area contributed by atoms with Crippen LogP contribution < -0.4 is 20.5 Å². The fourth-order valence-corrected chi connectivity index (χ4v) is 4.63. The first-order valence-corrected chi connectivity index (χ1v) is 11.8. The first-order valence-electron chi connectivity index (χ1n) is 10.9. The average Bonchev–Trinajstić information content (AvgIpc) is 3.26. The molecule has 0 unspecified atom stereocenters. The summed E-state index contributed by atoms with van der Waals surface area (Å²) < 4.78 is 12.8. The average molecular weight is 494 g/mol. The molecule has 35 heavy (non-hydrogen) atoms. The molecule has 0 spiro atoms. The van der Waals surface area contributed by atoms with Gasteiger partial charge in [-0.3, -0.25) is 4.79 Å². The third-order valence-corrected chi connectivity index (χ3v) is 6.35. The van der Waals surface area contributed by atoms with Crippen LogP contribution in [0, 0.1) is 13.8 Å². The maximum Gasteiger partial charge on any atom is 0.254 e. The van der Waals surface area contributed by atoms with Crippen LogP contribution in [0.1, 0.15) is 40.0 Å². The number of pyridine rings is 1. The van der Waals surface area contributed by atoms with E-state index in [-0.39, 0.29) is 33.1 Å². The van der Waals surface area contributed by atoms with Crippen LogP contribution in [0.5, 0.6) is 11.5 Å². The van der Waals surface area contributed by atoms with E-state index in [1.54, 1.807) is 0 Å². The quantitative estimate of drug-likeness (QED) is 0.303. The van der Waals surface area contributed by atoms with E-state index in [1.165, 1.54) is 23.1 Å². The standard InChI is InChI=1S/C26H27N3O4S.CH4/c1-16-3-5-18(6-4-16)13-32-20-9-17(2)10-21(11-20)33-14-19-15-34-24-22(26(31)28-7-8-30)12-29-25(27)23(19)24;/h3-6,9-12,15,30H,7-8,13-14H2,1-2H3,(H2,27,29)(H,28,31);1H4. The number of aliphatic hydroxyl groups excluding tert-OH is 1. The molecule has 0 aliphatic heterocycles. The Balaban J connectivity index is 0.00000342. The molecule has 4 N–H and O–H groups in total. The molecule has 0 bridgehead atoms. The molecule has 2 heterocycles. The fraction of sp³-hybridized carbons (Fsp3) is 0.259. The second-order valence-electron chi connectivity index (χ2n) is 8.05. The lowest BCUT2D eigenvalue weighted by Gasteiger charge is -2.12. The van der Waals surface area contributed by atoms with Crippen molar-refractivity contribution in [3.05, 3.63) is 81.9 Å². The van der Waals surface area contributed by atoms with Gasteiger partial charge in [0.25, 0.3) is 5.91 Å². The molecule has 4 aromatic rings. The van der Waals surface area contributed by atoms with E-state index in [2.05, 4.69) is 41.5 Å². The van der Waals surface area contributed by atoms with E-state index in [1.807, 2.05) is 30.5 Å². The maximum absolute atomic E-state index is 12.4. The number of hydrogen-bond acceptors (Lipinski definition) is 7. The number of anilines is 1. The molecule has 1 amide bonds. The van der Waals surface area contributed by atoms with Crippen LogP contribution in [0.15, 0.2) is 54.0 Å². The number of nitrogen functional groups attached to an aromatic ring is 1. The van der Waals surface area contributed by atoms with Crippen molar-refractivity contribution in [3.8, 4) is 11.5 Å². The number of hydrogen-bond donors (Lipinski definition) is 3. The molecule has 2 aromatic heterocycles. The van der Waals surface area contributed by atoms with E-state index in [0.29, 0.717) is 29.1 Å². The van der Waals surface area contributed by atoms with Gasteiger partial charge >= 0.3 is 0 Å². The highest BCUT2D eigenvalue weighted by Gasteiger charge is 2.17. The van der Waals surface area contributed by atoms with E-state index in [4.69, 9.17) is 20.3 Å². The van der Waals surface area contributed by atoms with Gasteiger partial charge in [0.05, 0.1) is 16.9 Å². The normalized spacial score (nSPS) is 10.6. The molecule has 0 radical (unpaired) electrons. The summed E-state index contributed by atoms with van der Waals surface area (Å²) in [6, 6.07) is 14.0. The zero-order valence-corrected chi connectivity index (χ0v) is 19.9. The number of fused-ring (bicyclic) bond motifs is 1. The minimum Gasteiger partial charge on any atom is -0.489 e. The van der Waals surface area contributed by atoms with E-state index >= 15 is 0 Å². The fourth-order valence-electron chi connectivity index (χ4n) is 3.56. The van der Waals surface area contributed by atoms with Crippen LogP contribution in [0.4, 0.5) is 5.82 Å². The predicted octanol–water partition coefficient (Wildman–Crippen LogP) is 5.01. The summed E-state index contributed by atoms with van der Waals surface area (Å²) >= 11 is 1.42. The lowest BCUT2D eigenvalue weighted by atomic mass is 10.1. The van der Waals surface area contributed by atoms with Crippen LogP contribution in [-0.2, 0) is 13.2 Å². The number of thiophene rings is 1. The summed E-state index contributed by atoms with van der Waals surface area (Å²) in [5, 5.41) is 14.3. The molecule has 7 nitrogen and oxygen atoms in total. The third-order valence-electron chi connectivity index (χ3n) is 5.29. The first-order chi connectivity index (χ1) is 16.4. The van der Waals surface area contributed by atoms with Crippen LogP contribution in [0.3, 0.4) is 0 Å². The van der Waals surface area contributed by atoms with Crippen molar-refractivity contribution in [1.29, 1.82) is 0 Å². The van der Waals surface area contributed by atoms with Gasteiger partial charge in [0.2, 0.25) is 0 Å². The Bertz CT molecular complexity index is 1300. The monoisotopic (exact) mass is 493 g/mol. The van der Waals surface area contributed by atoms with Gasteiger partial charge in [0, 0.05) is 29.8 Å². The van der Waals surface area contributed by atoms with Gasteiger partial charge < -0.3 is 25.6 Å². The maximum atomic E-state index is 12.4. The number of aryl methyl sites for hydroxylation is 2. The largest absolute Gasteiger partial charge is 0.489 e. The number of nitrogens with two attached hydrogens (primary N) is 1. The molecule has 0 aliphatic rings. The summed E-state index contributed by atoms with van der Waals surface area (Å²) in [7, 11) is 0. The Labute approximate surface area is 209 Å². The van der Waals surface area contributed by atoms with Gasteiger partial charge in [-0.2, -0.15) is 0 Å². The van der Waals surface area contributed by atoms with Crippen molar-refractivity contribution in [2.24, 2.45) is 0 Å². The van der Waals surface area contributed by atoms with Crippen molar-refractivity contribution in [2.45, 2.75) is 34.5 Å². The molecular formula is C27H31N3O4S. The minimum atomic E-state index is -0.296. The second-order valence-corrected chi connectivity index (χ2v) is 8.93. The lowest BCUT2D eigenvalue weighted by Crippen LogP contribution is -2.26. The Morgan fingerprint density at radius 1 is 1.06 bits per heavy atom. The summed E-state index contributed by atoms with van der Waals surface area (Å²) in [6.07, 6.45) is 1.46. The SMILES string of the molecule is C.Cc1ccc(COc2cc(C)cc(OCc3csc4c(C(=O)NCCO)cnc(N)c34)c2)cc1. The number of ether oxygens (including phenoxy) is 2. The van der Waals surface area contributed by atoms with Crippen LogP contribution >= 0.6 is 11.3 Å². The number of aromatic nitrogens is 1. The lowest BCUT2D eigenvalue weighted by molar-refractivity contribution is 0.0946. The molecular weight excluding hydrogens is 462 g/mol. The van der Waals surface area contributed by atoms with E-state index in [9.17, 15) is 4.79 Å². The number of nitrogens with one attached hydrogen (secondary N) is 1. The molecule has 0 atom stereocenters. The van der Waals surface area contributed by atoms with Crippen LogP contribution in [-0.4, -0.2) is 29.1 Å². The van der Waals surface area contributed by atoms with E-state index in [0.717, 1.165) is 27.1 Å². The molecule has 2 aromatic carbocycles. The second kappa shape index (κ2) is 11.7. The van der Waals surface area contributed by atoms with Gasteiger partial charge in [-0.25, -0.2) is 4.98 Å². The number of amides is 1. The summed E-state index contributed by atoms with van der Waals surface area (Å²) in [5.74, 6) is 1.46. The molecule has 0 aliphatic carbocycles. The summed E-state index contributed by atoms with van der Waals surface area (Å²) in [4.78, 5) is 16.6. The Morgan fingerprint density at radius 2 is 1.74 bits per heavy atom. The van der Waals surface area contributed by atoms with Gasteiger partial charge in [0.15, 0.2) is 0 Å². The van der Waals surface area contributed by atoms with Crippen molar-refractivity contribution >= 4 is 33.1 Å². The molecule has 0 saturated heterocycles. The zero-order chi connectivity index (χ0) is 24.1. The van der Waals surface area contributed by atoms with Gasteiger partial charge in [-0.05, 0) is 42.5 Å². The highest BCUT2D eigenvalue weighted by Crippen LogP contribution is 2.33. The van der Waals surface area contributed by atoms with Gasteiger partial charge in [-0.15, -0.1) is 11.3 Å². The molecule has 4 rings (SSSR count). The van der Waals surface area contributed by atoms with Crippen molar-refractivity contribution < 1.29 is 19.4 Å². The first kappa shape index (κ1) is 26.0. The van der Waals surface area contributed by atoms with Crippen LogP contribution in [0.25, 0.3) is 10.1 Å². The minimum absolute atomic E-state index is 0. The Morgan fingerprint density at radius 3 is 2.43 bits per heavy atom. The third kappa shape index (κ3) is 6.29. The molecule has 184 valence electrons. The smallest absolute Gasteiger partial charge is 0.254 e. The Kier molecular flexibility index (Phi) is 8.68. The summed E-state index contributed by atoms with van der Waals surface area (Å²) in [5.41, 5.74) is 10.8. The number of rotatable bonds is 9. The molecule has 8 heteroatoms. The molecule has 0 saturated carbocycles. The van der Waals surface area contributed by atoms with Crippen LogP contribution in [0.2, 0.25) is 0 Å². The van der Waals surface area contributed by atoms with Gasteiger partial charge in [0.1, 0.15) is 30.5 Å². The number of carbonyl (C=O) groups excluding carboxylic acids is 1. The van der Waals surface area contributed by atoms with E-state index < -0.39 is 0 Å². The summed E-state index contributed by atoms with van der Waals surface area (Å²) in [6.45, 7) is 4.84. The number of nitrogens with zero attached hydrogens (tertiary/aromatic N) is 1. The predicted molar refractivity (Wildman–Crippen MR) is 141 cm³/mol. The molecule has 0 fully saturated rings. The van der Waals surface area contributed by atoms with Gasteiger partial charge in [-0.1, -0.05) is 37.3 Å².